The SMILES string of the molecule is CN(C(=O)c1cccc(NC(=O)CC#N)c1)C1CCCCC1. The van der Waals surface area contributed by atoms with Crippen LogP contribution in [0.2, 0.25) is 0 Å². The molecule has 1 aromatic carbocycles. The van der Waals surface area contributed by atoms with Crippen LogP contribution in [0.15, 0.2) is 24.3 Å². The van der Waals surface area contributed by atoms with Crippen molar-refractivity contribution in [3.8, 4) is 6.07 Å². The van der Waals surface area contributed by atoms with Crippen LogP contribution in [0, 0.1) is 11.3 Å². The van der Waals surface area contributed by atoms with Gasteiger partial charge in [0.1, 0.15) is 6.42 Å². The molecule has 1 N–H and O–H groups in total. The van der Waals surface area contributed by atoms with E-state index in [1.807, 2.05) is 11.9 Å². The largest absolute Gasteiger partial charge is 0.339 e. The smallest absolute Gasteiger partial charge is 0.253 e. The topological polar surface area (TPSA) is 73.2 Å². The predicted octanol–water partition coefficient (Wildman–Crippen LogP) is 2.94. The Kier molecular flexibility index (Phi) is 5.54. The van der Waals surface area contributed by atoms with Crippen molar-refractivity contribution < 1.29 is 9.59 Å². The van der Waals surface area contributed by atoms with Gasteiger partial charge in [-0.3, -0.25) is 9.59 Å². The average molecular weight is 299 g/mol. The van der Waals surface area contributed by atoms with Crippen molar-refractivity contribution in [2.75, 3.05) is 12.4 Å². The summed E-state index contributed by atoms with van der Waals surface area (Å²) in [7, 11) is 1.85. The number of carbonyl (C=O) groups is 2. The molecule has 0 aromatic heterocycles. The number of rotatable bonds is 4. The van der Waals surface area contributed by atoms with Gasteiger partial charge in [0, 0.05) is 24.3 Å². The van der Waals surface area contributed by atoms with Gasteiger partial charge in [-0.15, -0.1) is 0 Å². The fourth-order valence-corrected chi connectivity index (χ4v) is 2.84. The quantitative estimate of drug-likeness (QED) is 0.929. The fourth-order valence-electron chi connectivity index (χ4n) is 2.84. The zero-order valence-corrected chi connectivity index (χ0v) is 12.8. The van der Waals surface area contributed by atoms with E-state index in [-0.39, 0.29) is 18.2 Å². The minimum Gasteiger partial charge on any atom is -0.339 e. The summed E-state index contributed by atoms with van der Waals surface area (Å²) in [6.07, 6.45) is 5.51. The van der Waals surface area contributed by atoms with Gasteiger partial charge in [-0.25, -0.2) is 0 Å². The third-order valence-electron chi connectivity index (χ3n) is 4.08. The molecule has 0 radical (unpaired) electrons. The highest BCUT2D eigenvalue weighted by Crippen LogP contribution is 2.23. The molecule has 22 heavy (non-hydrogen) atoms. The molecule has 0 unspecified atom stereocenters. The molecule has 0 bridgehead atoms. The van der Waals surface area contributed by atoms with Gasteiger partial charge in [-0.05, 0) is 31.0 Å². The molecule has 1 aliphatic rings. The molecule has 0 heterocycles. The number of anilines is 1. The summed E-state index contributed by atoms with van der Waals surface area (Å²) >= 11 is 0. The van der Waals surface area contributed by atoms with E-state index in [0.717, 1.165) is 12.8 Å². The molecule has 1 aromatic rings. The van der Waals surface area contributed by atoms with E-state index in [2.05, 4.69) is 5.32 Å². The Hall–Kier alpha value is -2.35. The van der Waals surface area contributed by atoms with Crippen LogP contribution in [0.3, 0.4) is 0 Å². The van der Waals surface area contributed by atoms with E-state index < -0.39 is 0 Å². The lowest BCUT2D eigenvalue weighted by atomic mass is 9.94. The Morgan fingerprint density at radius 2 is 2.05 bits per heavy atom. The number of hydrogen-bond acceptors (Lipinski definition) is 3. The van der Waals surface area contributed by atoms with Crippen molar-refractivity contribution in [3.05, 3.63) is 29.8 Å². The molecule has 1 saturated carbocycles. The Balaban J connectivity index is 2.06. The van der Waals surface area contributed by atoms with Crippen LogP contribution in [0.5, 0.6) is 0 Å². The van der Waals surface area contributed by atoms with Gasteiger partial charge < -0.3 is 10.2 Å². The maximum Gasteiger partial charge on any atom is 0.253 e. The number of nitrogens with one attached hydrogen (secondary N) is 1. The summed E-state index contributed by atoms with van der Waals surface area (Å²) in [4.78, 5) is 25.8. The Morgan fingerprint density at radius 1 is 1.32 bits per heavy atom. The van der Waals surface area contributed by atoms with Crippen molar-refractivity contribution in [3.63, 3.8) is 0 Å². The summed E-state index contributed by atoms with van der Waals surface area (Å²) in [5, 5.41) is 11.1. The first kappa shape index (κ1) is 16.0. The van der Waals surface area contributed by atoms with Crippen LogP contribution in [0.1, 0.15) is 48.9 Å². The van der Waals surface area contributed by atoms with Gasteiger partial charge in [0.05, 0.1) is 6.07 Å². The second-order valence-electron chi connectivity index (χ2n) is 5.67. The number of benzene rings is 1. The predicted molar refractivity (Wildman–Crippen MR) is 84.3 cm³/mol. The maximum absolute atomic E-state index is 12.6. The van der Waals surface area contributed by atoms with Crippen LogP contribution in [0.4, 0.5) is 5.69 Å². The average Bonchev–Trinajstić information content (AvgIpc) is 2.54. The molecule has 2 amide bonds. The van der Waals surface area contributed by atoms with E-state index in [9.17, 15) is 9.59 Å². The monoisotopic (exact) mass is 299 g/mol. The second-order valence-corrected chi connectivity index (χ2v) is 5.67. The molecule has 5 nitrogen and oxygen atoms in total. The Morgan fingerprint density at radius 3 is 2.73 bits per heavy atom. The van der Waals surface area contributed by atoms with Crippen LogP contribution in [-0.4, -0.2) is 29.8 Å². The third kappa shape index (κ3) is 4.08. The van der Waals surface area contributed by atoms with E-state index in [1.165, 1.54) is 19.3 Å². The lowest BCUT2D eigenvalue weighted by Gasteiger charge is -2.31. The first-order valence-corrected chi connectivity index (χ1v) is 7.66. The van der Waals surface area contributed by atoms with Crippen molar-refractivity contribution in [2.24, 2.45) is 0 Å². The zero-order valence-electron chi connectivity index (χ0n) is 12.8. The van der Waals surface area contributed by atoms with E-state index >= 15 is 0 Å². The van der Waals surface area contributed by atoms with E-state index in [0.29, 0.717) is 17.3 Å². The number of nitriles is 1. The molecule has 0 spiro atoms. The highest BCUT2D eigenvalue weighted by atomic mass is 16.2. The van der Waals surface area contributed by atoms with Gasteiger partial charge in [0.15, 0.2) is 0 Å². The minimum atomic E-state index is -0.368. The minimum absolute atomic E-state index is 0.0247. The van der Waals surface area contributed by atoms with Gasteiger partial charge >= 0.3 is 0 Å². The summed E-state index contributed by atoms with van der Waals surface area (Å²) in [6, 6.07) is 8.97. The molecule has 0 saturated heterocycles. The van der Waals surface area contributed by atoms with Crippen LogP contribution >= 0.6 is 0 Å². The van der Waals surface area contributed by atoms with Crippen LogP contribution in [-0.2, 0) is 4.79 Å². The number of amides is 2. The molecule has 1 aliphatic carbocycles. The highest BCUT2D eigenvalue weighted by Gasteiger charge is 2.23. The summed E-state index contributed by atoms with van der Waals surface area (Å²) in [5.74, 6) is -0.393. The number of carbonyl (C=O) groups excluding carboxylic acids is 2. The molecular formula is C17H21N3O2. The molecule has 5 heteroatoms. The van der Waals surface area contributed by atoms with Gasteiger partial charge in [0.25, 0.3) is 5.91 Å². The van der Waals surface area contributed by atoms with Crippen molar-refractivity contribution in [2.45, 2.75) is 44.6 Å². The Bertz CT molecular complexity index is 586. The summed E-state index contributed by atoms with van der Waals surface area (Å²) in [5.41, 5.74) is 1.10. The molecule has 116 valence electrons. The van der Waals surface area contributed by atoms with E-state index in [1.54, 1.807) is 30.3 Å². The van der Waals surface area contributed by atoms with E-state index in [4.69, 9.17) is 5.26 Å². The van der Waals surface area contributed by atoms with Crippen molar-refractivity contribution in [1.82, 2.24) is 4.90 Å². The van der Waals surface area contributed by atoms with Crippen molar-refractivity contribution in [1.29, 1.82) is 5.26 Å². The van der Waals surface area contributed by atoms with Gasteiger partial charge in [-0.2, -0.15) is 5.26 Å². The lowest BCUT2D eigenvalue weighted by molar-refractivity contribution is -0.115. The fraction of sp³-hybridized carbons (Fsp3) is 0.471. The van der Waals surface area contributed by atoms with Crippen LogP contribution < -0.4 is 5.32 Å². The number of hydrogen-bond donors (Lipinski definition) is 1. The molecular weight excluding hydrogens is 278 g/mol. The second kappa shape index (κ2) is 7.60. The lowest BCUT2D eigenvalue weighted by Crippen LogP contribution is -2.38. The normalized spacial score (nSPS) is 14.9. The first-order valence-electron chi connectivity index (χ1n) is 7.66. The van der Waals surface area contributed by atoms with Crippen LogP contribution in [0.25, 0.3) is 0 Å². The summed E-state index contributed by atoms with van der Waals surface area (Å²) < 4.78 is 0. The standard InChI is InChI=1S/C17H21N3O2/c1-20(15-8-3-2-4-9-15)17(22)13-6-5-7-14(12-13)19-16(21)10-11-18/h5-7,12,15H,2-4,8-10H2,1H3,(H,19,21). The molecule has 1 fully saturated rings. The van der Waals surface area contributed by atoms with Crippen molar-refractivity contribution >= 4 is 17.5 Å². The number of nitrogens with zero attached hydrogens (tertiary/aromatic N) is 2. The summed E-state index contributed by atoms with van der Waals surface area (Å²) in [6.45, 7) is 0. The first-order chi connectivity index (χ1) is 10.6. The molecule has 2 rings (SSSR count). The third-order valence-corrected chi connectivity index (χ3v) is 4.08. The zero-order chi connectivity index (χ0) is 15.9. The molecule has 0 aliphatic heterocycles. The van der Waals surface area contributed by atoms with Gasteiger partial charge in [0.2, 0.25) is 5.91 Å². The highest BCUT2D eigenvalue weighted by molar-refractivity contribution is 5.97. The molecule has 0 atom stereocenters. The van der Waals surface area contributed by atoms with Gasteiger partial charge in [-0.1, -0.05) is 25.3 Å². The maximum atomic E-state index is 12.6. The Labute approximate surface area is 130 Å².